The van der Waals surface area contributed by atoms with Crippen molar-refractivity contribution in [3.63, 3.8) is 0 Å². The van der Waals surface area contributed by atoms with E-state index in [9.17, 15) is 19.8 Å². The molecule has 0 aliphatic carbocycles. The molecule has 0 aliphatic rings. The number of ether oxygens (including phenoxy) is 1. The van der Waals surface area contributed by atoms with Gasteiger partial charge in [-0.25, -0.2) is 4.79 Å². The fourth-order valence-electron chi connectivity index (χ4n) is 1.36. The maximum absolute atomic E-state index is 11.7. The fourth-order valence-corrected chi connectivity index (χ4v) is 1.36. The summed E-state index contributed by atoms with van der Waals surface area (Å²) in [6.07, 6.45) is -0.582. The van der Waals surface area contributed by atoms with Crippen molar-refractivity contribution < 1.29 is 29.6 Å². The number of benzene rings is 1. The van der Waals surface area contributed by atoms with Crippen LogP contribution in [0.5, 0.6) is 17.2 Å². The van der Waals surface area contributed by atoms with Crippen LogP contribution in [0.4, 0.5) is 4.79 Å². The molecule has 1 aromatic rings. The van der Waals surface area contributed by atoms with Crippen LogP contribution in [-0.2, 0) is 4.74 Å². The van der Waals surface area contributed by atoms with Gasteiger partial charge in [-0.3, -0.25) is 4.79 Å². The minimum Gasteiger partial charge on any atom is -0.504 e. The zero-order valence-corrected chi connectivity index (χ0v) is 10.8. The Morgan fingerprint density at radius 2 is 1.65 bits per heavy atom. The summed E-state index contributed by atoms with van der Waals surface area (Å²) in [5, 5.41) is 32.5. The Hall–Kier alpha value is -2.64. The van der Waals surface area contributed by atoms with Crippen molar-refractivity contribution in [2.45, 2.75) is 6.92 Å². The molecule has 0 aromatic heterocycles. The number of hydrogen-bond donors (Lipinski definition) is 5. The van der Waals surface area contributed by atoms with Gasteiger partial charge in [0.15, 0.2) is 17.2 Å². The molecule has 8 heteroatoms. The van der Waals surface area contributed by atoms with Crippen molar-refractivity contribution in [2.75, 3.05) is 19.7 Å². The SMILES string of the molecule is CCOC(=O)NCCNC(=O)c1cc(O)c(O)c(O)c1. The van der Waals surface area contributed by atoms with Crippen molar-refractivity contribution >= 4 is 12.0 Å². The van der Waals surface area contributed by atoms with E-state index < -0.39 is 29.2 Å². The van der Waals surface area contributed by atoms with Crippen molar-refractivity contribution in [3.05, 3.63) is 17.7 Å². The van der Waals surface area contributed by atoms with Crippen LogP contribution in [0, 0.1) is 0 Å². The molecule has 0 atom stereocenters. The summed E-state index contributed by atoms with van der Waals surface area (Å²) in [5.41, 5.74) is -0.0195. The van der Waals surface area contributed by atoms with Gasteiger partial charge in [-0.1, -0.05) is 0 Å². The monoisotopic (exact) mass is 284 g/mol. The second-order valence-electron chi connectivity index (χ2n) is 3.77. The predicted molar refractivity (Wildman–Crippen MR) is 68.8 cm³/mol. The number of aromatic hydroxyl groups is 3. The number of amides is 2. The van der Waals surface area contributed by atoms with Gasteiger partial charge >= 0.3 is 6.09 Å². The van der Waals surface area contributed by atoms with Gasteiger partial charge in [0.25, 0.3) is 5.91 Å². The zero-order chi connectivity index (χ0) is 15.1. The standard InChI is InChI=1S/C12H16N2O6/c1-2-20-12(19)14-4-3-13-11(18)7-5-8(15)10(17)9(16)6-7/h5-6,15-17H,2-4H2,1H3,(H,13,18)(H,14,19). The van der Waals surface area contributed by atoms with Gasteiger partial charge < -0.3 is 30.7 Å². The van der Waals surface area contributed by atoms with Gasteiger partial charge in [0.2, 0.25) is 0 Å². The van der Waals surface area contributed by atoms with Crippen LogP contribution in [-0.4, -0.2) is 47.0 Å². The van der Waals surface area contributed by atoms with Crippen LogP contribution in [0.1, 0.15) is 17.3 Å². The van der Waals surface area contributed by atoms with Crippen molar-refractivity contribution in [2.24, 2.45) is 0 Å². The summed E-state index contributed by atoms with van der Waals surface area (Å²) in [4.78, 5) is 22.6. The van der Waals surface area contributed by atoms with Gasteiger partial charge in [-0.2, -0.15) is 0 Å². The topological polar surface area (TPSA) is 128 Å². The number of phenols is 3. The fraction of sp³-hybridized carbons (Fsp3) is 0.333. The van der Waals surface area contributed by atoms with Crippen molar-refractivity contribution in [1.29, 1.82) is 0 Å². The van der Waals surface area contributed by atoms with E-state index in [2.05, 4.69) is 15.4 Å². The van der Waals surface area contributed by atoms with Crippen LogP contribution in [0.2, 0.25) is 0 Å². The van der Waals surface area contributed by atoms with E-state index in [1.807, 2.05) is 0 Å². The highest BCUT2D eigenvalue weighted by Crippen LogP contribution is 2.35. The molecule has 0 fully saturated rings. The highest BCUT2D eigenvalue weighted by Gasteiger charge is 2.13. The molecule has 0 unspecified atom stereocenters. The van der Waals surface area contributed by atoms with Crippen LogP contribution in [0.3, 0.4) is 0 Å². The average Bonchev–Trinajstić information content (AvgIpc) is 2.40. The van der Waals surface area contributed by atoms with E-state index >= 15 is 0 Å². The highest BCUT2D eigenvalue weighted by molar-refractivity contribution is 5.95. The van der Waals surface area contributed by atoms with Crippen LogP contribution in [0.15, 0.2) is 12.1 Å². The Labute approximate surface area is 115 Å². The lowest BCUT2D eigenvalue weighted by atomic mass is 10.1. The van der Waals surface area contributed by atoms with E-state index in [1.54, 1.807) is 6.92 Å². The van der Waals surface area contributed by atoms with Crippen LogP contribution in [0.25, 0.3) is 0 Å². The molecule has 0 saturated heterocycles. The van der Waals surface area contributed by atoms with Crippen LogP contribution >= 0.6 is 0 Å². The first kappa shape index (κ1) is 15.4. The predicted octanol–water partition coefficient (Wildman–Crippen LogP) is 0.279. The smallest absolute Gasteiger partial charge is 0.407 e. The number of phenolic OH excluding ortho intramolecular Hbond substituents is 3. The summed E-state index contributed by atoms with van der Waals surface area (Å²) < 4.78 is 4.62. The molecule has 0 bridgehead atoms. The largest absolute Gasteiger partial charge is 0.504 e. The lowest BCUT2D eigenvalue weighted by Gasteiger charge is -2.08. The summed E-state index contributed by atoms with van der Waals surface area (Å²) >= 11 is 0. The molecule has 0 radical (unpaired) electrons. The molecule has 20 heavy (non-hydrogen) atoms. The Balaban J connectivity index is 2.46. The summed E-state index contributed by atoms with van der Waals surface area (Å²) in [6, 6.07) is 2.03. The quantitative estimate of drug-likeness (QED) is 0.390. The van der Waals surface area contributed by atoms with Crippen molar-refractivity contribution in [1.82, 2.24) is 10.6 Å². The Bertz CT molecular complexity index is 480. The minimum atomic E-state index is -0.689. The lowest BCUT2D eigenvalue weighted by molar-refractivity contribution is 0.0951. The number of carbonyl (C=O) groups is 2. The van der Waals surface area contributed by atoms with Gasteiger partial charge in [-0.05, 0) is 19.1 Å². The second-order valence-corrected chi connectivity index (χ2v) is 3.77. The third-order valence-electron chi connectivity index (χ3n) is 2.29. The average molecular weight is 284 g/mol. The number of rotatable bonds is 5. The lowest BCUT2D eigenvalue weighted by Crippen LogP contribution is -2.34. The molecule has 0 saturated carbocycles. The molecule has 0 aliphatic heterocycles. The number of carbonyl (C=O) groups excluding carboxylic acids is 2. The Kier molecular flexibility index (Phi) is 5.45. The molecule has 0 spiro atoms. The number of alkyl carbamates (subject to hydrolysis) is 1. The van der Waals surface area contributed by atoms with E-state index in [4.69, 9.17) is 5.11 Å². The van der Waals surface area contributed by atoms with Gasteiger partial charge in [0.05, 0.1) is 6.61 Å². The van der Waals surface area contributed by atoms with E-state index in [-0.39, 0.29) is 25.3 Å². The molecular formula is C12H16N2O6. The third-order valence-corrected chi connectivity index (χ3v) is 2.29. The van der Waals surface area contributed by atoms with Gasteiger partial charge in [0.1, 0.15) is 0 Å². The second kappa shape index (κ2) is 7.07. The minimum absolute atomic E-state index is 0.0195. The first-order valence-corrected chi connectivity index (χ1v) is 5.89. The molecule has 1 aromatic carbocycles. The van der Waals surface area contributed by atoms with Gasteiger partial charge in [0, 0.05) is 18.7 Å². The molecule has 1 rings (SSSR count). The number of nitrogens with one attached hydrogen (secondary N) is 2. The van der Waals surface area contributed by atoms with Crippen LogP contribution < -0.4 is 10.6 Å². The normalized spacial score (nSPS) is 9.85. The summed E-state index contributed by atoms with van der Waals surface area (Å²) in [6.45, 7) is 2.23. The third kappa shape index (κ3) is 4.23. The molecule has 2 amide bonds. The molecule has 110 valence electrons. The van der Waals surface area contributed by atoms with E-state index in [0.29, 0.717) is 0 Å². The molecule has 5 N–H and O–H groups in total. The van der Waals surface area contributed by atoms with Gasteiger partial charge in [-0.15, -0.1) is 0 Å². The first-order valence-electron chi connectivity index (χ1n) is 5.89. The van der Waals surface area contributed by atoms with Crippen molar-refractivity contribution in [3.8, 4) is 17.2 Å². The molecular weight excluding hydrogens is 268 g/mol. The van der Waals surface area contributed by atoms with E-state index in [1.165, 1.54) is 0 Å². The Morgan fingerprint density at radius 3 is 2.20 bits per heavy atom. The maximum Gasteiger partial charge on any atom is 0.407 e. The van der Waals surface area contributed by atoms with E-state index in [0.717, 1.165) is 12.1 Å². The first-order chi connectivity index (χ1) is 9.45. The Morgan fingerprint density at radius 1 is 1.10 bits per heavy atom. The molecule has 0 heterocycles. The summed E-state index contributed by atoms with van der Waals surface area (Å²) in [5.74, 6) is -2.45. The summed E-state index contributed by atoms with van der Waals surface area (Å²) in [7, 11) is 0. The molecule has 8 nitrogen and oxygen atoms in total. The highest BCUT2D eigenvalue weighted by atomic mass is 16.5. The number of hydrogen-bond acceptors (Lipinski definition) is 6. The maximum atomic E-state index is 11.7. The zero-order valence-electron chi connectivity index (χ0n) is 10.8.